The molecule has 110 valence electrons. The van der Waals surface area contributed by atoms with Gasteiger partial charge in [-0.1, -0.05) is 16.8 Å². The van der Waals surface area contributed by atoms with Gasteiger partial charge in [-0.15, -0.1) is 0 Å². The first-order valence-corrected chi connectivity index (χ1v) is 7.00. The Kier molecular flexibility index (Phi) is 3.90. The maximum absolute atomic E-state index is 10.6. The van der Waals surface area contributed by atoms with E-state index in [9.17, 15) is 4.79 Å². The number of carboxylic acids is 1. The van der Waals surface area contributed by atoms with Gasteiger partial charge in [0.05, 0.1) is 13.0 Å². The van der Waals surface area contributed by atoms with Gasteiger partial charge < -0.3 is 9.63 Å². The molecule has 0 amide bonds. The number of nitrogens with zero attached hydrogens (tertiary/aromatic N) is 3. The summed E-state index contributed by atoms with van der Waals surface area (Å²) >= 11 is 5.83. The Morgan fingerprint density at radius 1 is 1.38 bits per heavy atom. The van der Waals surface area contributed by atoms with Crippen molar-refractivity contribution in [2.24, 2.45) is 5.92 Å². The third-order valence-corrected chi connectivity index (χ3v) is 3.67. The van der Waals surface area contributed by atoms with Gasteiger partial charge in [-0.25, -0.2) is 0 Å². The number of aromatic nitrogens is 2. The topological polar surface area (TPSA) is 79.5 Å². The monoisotopic (exact) mass is 307 g/mol. The Morgan fingerprint density at radius 2 is 2.10 bits per heavy atom. The highest BCUT2D eigenvalue weighted by Crippen LogP contribution is 2.23. The lowest BCUT2D eigenvalue weighted by Gasteiger charge is -2.37. The fraction of sp³-hybridized carbons (Fsp3) is 0.357. The second kappa shape index (κ2) is 5.83. The van der Waals surface area contributed by atoms with Crippen LogP contribution in [0.1, 0.15) is 12.2 Å². The highest BCUT2D eigenvalue weighted by atomic mass is 35.5. The van der Waals surface area contributed by atoms with Crippen LogP contribution in [0, 0.1) is 5.92 Å². The van der Waals surface area contributed by atoms with Crippen LogP contribution in [0.25, 0.3) is 11.5 Å². The van der Waals surface area contributed by atoms with Gasteiger partial charge in [0.2, 0.25) is 0 Å². The van der Waals surface area contributed by atoms with Crippen molar-refractivity contribution in [3.05, 3.63) is 35.1 Å². The standard InChI is InChI=1S/C14H14ClN3O3/c15-11-3-1-10(2-4-11)14-16-12(17-21-14)8-18-6-9(7-18)5-13(19)20/h1-4,9H,5-8H2,(H,19,20). The van der Waals surface area contributed by atoms with Crippen molar-refractivity contribution >= 4 is 17.6 Å². The predicted molar refractivity (Wildman–Crippen MR) is 75.8 cm³/mol. The quantitative estimate of drug-likeness (QED) is 0.913. The largest absolute Gasteiger partial charge is 0.481 e. The van der Waals surface area contributed by atoms with Gasteiger partial charge >= 0.3 is 5.97 Å². The Hall–Kier alpha value is -1.92. The molecule has 1 N–H and O–H groups in total. The van der Waals surface area contributed by atoms with Crippen LogP contribution in [0.4, 0.5) is 0 Å². The summed E-state index contributed by atoms with van der Waals surface area (Å²) in [6.45, 7) is 2.10. The molecule has 1 fully saturated rings. The highest BCUT2D eigenvalue weighted by molar-refractivity contribution is 6.30. The summed E-state index contributed by atoms with van der Waals surface area (Å²) in [7, 11) is 0. The summed E-state index contributed by atoms with van der Waals surface area (Å²) < 4.78 is 5.23. The summed E-state index contributed by atoms with van der Waals surface area (Å²) in [6, 6.07) is 7.19. The van der Waals surface area contributed by atoms with E-state index < -0.39 is 5.97 Å². The van der Waals surface area contributed by atoms with Gasteiger partial charge in [-0.05, 0) is 30.2 Å². The van der Waals surface area contributed by atoms with E-state index in [2.05, 4.69) is 15.0 Å². The average Bonchev–Trinajstić information content (AvgIpc) is 2.85. The molecule has 1 saturated heterocycles. The van der Waals surface area contributed by atoms with E-state index in [4.69, 9.17) is 21.2 Å². The molecule has 3 rings (SSSR count). The molecule has 7 heteroatoms. The Balaban J connectivity index is 1.57. The van der Waals surface area contributed by atoms with E-state index >= 15 is 0 Å². The summed E-state index contributed by atoms with van der Waals surface area (Å²) in [5.74, 6) is 0.548. The van der Waals surface area contributed by atoms with Gasteiger partial charge in [-0.2, -0.15) is 4.98 Å². The average molecular weight is 308 g/mol. The number of rotatable bonds is 5. The van der Waals surface area contributed by atoms with E-state index in [0.29, 0.717) is 23.3 Å². The molecule has 0 spiro atoms. The molecule has 21 heavy (non-hydrogen) atoms. The van der Waals surface area contributed by atoms with Crippen molar-refractivity contribution in [1.82, 2.24) is 15.0 Å². The molecule has 2 heterocycles. The smallest absolute Gasteiger partial charge is 0.303 e. The van der Waals surface area contributed by atoms with Crippen molar-refractivity contribution < 1.29 is 14.4 Å². The second-order valence-electron chi connectivity index (χ2n) is 5.18. The van der Waals surface area contributed by atoms with Crippen LogP contribution in [0.3, 0.4) is 0 Å². The van der Waals surface area contributed by atoms with Crippen LogP contribution in [-0.2, 0) is 11.3 Å². The van der Waals surface area contributed by atoms with Crippen LogP contribution < -0.4 is 0 Å². The van der Waals surface area contributed by atoms with Gasteiger partial charge in [0.15, 0.2) is 5.82 Å². The van der Waals surface area contributed by atoms with E-state index in [1.54, 1.807) is 12.1 Å². The van der Waals surface area contributed by atoms with Crippen molar-refractivity contribution in [1.29, 1.82) is 0 Å². The predicted octanol–water partition coefficient (Wildman–Crippen LogP) is 2.30. The number of hydrogen-bond acceptors (Lipinski definition) is 5. The number of benzene rings is 1. The van der Waals surface area contributed by atoms with Crippen molar-refractivity contribution in [2.75, 3.05) is 13.1 Å². The van der Waals surface area contributed by atoms with Crippen molar-refractivity contribution in [3.8, 4) is 11.5 Å². The lowest BCUT2D eigenvalue weighted by Crippen LogP contribution is -2.46. The first-order chi connectivity index (χ1) is 10.1. The molecule has 0 bridgehead atoms. The number of carboxylic acid groups (broad SMARTS) is 1. The summed E-state index contributed by atoms with van der Waals surface area (Å²) in [4.78, 5) is 17.0. The SMILES string of the molecule is O=C(O)CC1CN(Cc2noc(-c3ccc(Cl)cc3)n2)C1. The summed E-state index contributed by atoms with van der Waals surface area (Å²) in [5, 5.41) is 13.3. The molecule has 1 aromatic heterocycles. The van der Waals surface area contributed by atoms with E-state index in [1.165, 1.54) is 0 Å². The zero-order valence-corrected chi connectivity index (χ0v) is 12.0. The molecule has 1 aliphatic rings. The van der Waals surface area contributed by atoms with E-state index in [-0.39, 0.29) is 12.3 Å². The molecular formula is C14H14ClN3O3. The Morgan fingerprint density at radius 3 is 2.76 bits per heavy atom. The highest BCUT2D eigenvalue weighted by Gasteiger charge is 2.29. The Bertz CT molecular complexity index is 635. The van der Waals surface area contributed by atoms with Crippen molar-refractivity contribution in [3.63, 3.8) is 0 Å². The van der Waals surface area contributed by atoms with Crippen LogP contribution in [0.5, 0.6) is 0 Å². The minimum atomic E-state index is -0.746. The second-order valence-corrected chi connectivity index (χ2v) is 5.62. The first-order valence-electron chi connectivity index (χ1n) is 6.63. The fourth-order valence-electron chi connectivity index (χ4n) is 2.41. The van der Waals surface area contributed by atoms with Crippen LogP contribution in [-0.4, -0.2) is 39.2 Å². The normalized spacial score (nSPS) is 15.9. The van der Waals surface area contributed by atoms with Gasteiger partial charge in [-0.3, -0.25) is 9.69 Å². The maximum atomic E-state index is 10.6. The lowest BCUT2D eigenvalue weighted by molar-refractivity contribution is -0.139. The minimum absolute atomic E-state index is 0.221. The number of halogens is 1. The Labute approximate surface area is 126 Å². The molecule has 1 aliphatic heterocycles. The zero-order valence-electron chi connectivity index (χ0n) is 11.2. The van der Waals surface area contributed by atoms with Crippen LogP contribution in [0.2, 0.25) is 5.02 Å². The van der Waals surface area contributed by atoms with Crippen molar-refractivity contribution in [2.45, 2.75) is 13.0 Å². The first kappa shape index (κ1) is 14.0. The molecule has 2 aromatic rings. The van der Waals surface area contributed by atoms with Gasteiger partial charge in [0.1, 0.15) is 0 Å². The molecule has 1 aromatic carbocycles. The molecule has 0 atom stereocenters. The number of likely N-dealkylation sites (tertiary alicyclic amines) is 1. The molecule has 6 nitrogen and oxygen atoms in total. The number of aliphatic carboxylic acids is 1. The summed E-state index contributed by atoms with van der Waals surface area (Å²) in [5.41, 5.74) is 0.825. The fourth-order valence-corrected chi connectivity index (χ4v) is 2.54. The third kappa shape index (κ3) is 3.40. The third-order valence-electron chi connectivity index (χ3n) is 3.42. The van der Waals surface area contributed by atoms with Crippen LogP contribution >= 0.6 is 11.6 Å². The molecule has 0 saturated carbocycles. The van der Waals surface area contributed by atoms with E-state index in [1.807, 2.05) is 12.1 Å². The molecule has 0 unspecified atom stereocenters. The molecular weight excluding hydrogens is 294 g/mol. The van der Waals surface area contributed by atoms with E-state index in [0.717, 1.165) is 18.7 Å². The molecule has 0 aliphatic carbocycles. The van der Waals surface area contributed by atoms with Gasteiger partial charge in [0, 0.05) is 23.7 Å². The minimum Gasteiger partial charge on any atom is -0.481 e. The molecule has 0 radical (unpaired) electrons. The summed E-state index contributed by atoms with van der Waals surface area (Å²) in [6.07, 6.45) is 0.221. The zero-order chi connectivity index (χ0) is 14.8. The number of carbonyl (C=O) groups is 1. The van der Waals surface area contributed by atoms with Crippen LogP contribution in [0.15, 0.2) is 28.8 Å². The maximum Gasteiger partial charge on any atom is 0.303 e. The van der Waals surface area contributed by atoms with Gasteiger partial charge in [0.25, 0.3) is 5.89 Å². The lowest BCUT2D eigenvalue weighted by atomic mass is 9.96. The number of hydrogen-bond donors (Lipinski definition) is 1.